The first-order valence-corrected chi connectivity index (χ1v) is 5.97. The molecule has 0 radical (unpaired) electrons. The molecule has 1 aliphatic rings. The number of pyridine rings is 1. The Balaban J connectivity index is 2.30. The van der Waals surface area contributed by atoms with E-state index in [1.165, 1.54) is 0 Å². The number of nitrogens with two attached hydrogens (primary N) is 1. The molecule has 2 N–H and O–H groups in total. The van der Waals surface area contributed by atoms with Crippen LogP contribution in [0.5, 0.6) is 0 Å². The molecule has 1 aliphatic heterocycles. The Hall–Kier alpha value is -1.82. The van der Waals surface area contributed by atoms with E-state index in [1.54, 1.807) is 19.2 Å². The van der Waals surface area contributed by atoms with Gasteiger partial charge in [-0.05, 0) is 13.0 Å². The Morgan fingerprint density at radius 2 is 2.28 bits per heavy atom. The highest BCUT2D eigenvalue weighted by Gasteiger charge is 2.20. The van der Waals surface area contributed by atoms with Gasteiger partial charge in [-0.15, -0.1) is 0 Å². The molecule has 1 fully saturated rings. The predicted molar refractivity (Wildman–Crippen MR) is 67.6 cm³/mol. The maximum absolute atomic E-state index is 11.9. The number of carbonyl (C=O) groups is 1. The summed E-state index contributed by atoms with van der Waals surface area (Å²) in [6.07, 6.45) is 1.62. The number of aromatic nitrogens is 1. The van der Waals surface area contributed by atoms with Crippen molar-refractivity contribution in [3.8, 4) is 0 Å². The van der Waals surface area contributed by atoms with Crippen LogP contribution >= 0.6 is 0 Å². The van der Waals surface area contributed by atoms with E-state index in [9.17, 15) is 4.79 Å². The van der Waals surface area contributed by atoms with Crippen molar-refractivity contribution >= 4 is 17.5 Å². The number of carbonyl (C=O) groups excluding carboxylic acids is 1. The van der Waals surface area contributed by atoms with Gasteiger partial charge in [0.05, 0.1) is 37.3 Å². The minimum Gasteiger partial charge on any atom is -0.462 e. The Bertz CT molecular complexity index is 431. The van der Waals surface area contributed by atoms with Gasteiger partial charge >= 0.3 is 5.97 Å². The maximum Gasteiger partial charge on any atom is 0.340 e. The number of anilines is 2. The van der Waals surface area contributed by atoms with E-state index in [2.05, 4.69) is 9.88 Å². The summed E-state index contributed by atoms with van der Waals surface area (Å²) in [5, 5.41) is 0. The SMILES string of the molecule is CCOC(=O)c1cc(N)ncc1N1CCOCC1. The number of rotatable bonds is 3. The lowest BCUT2D eigenvalue weighted by Gasteiger charge is -2.29. The van der Waals surface area contributed by atoms with Gasteiger partial charge in [-0.2, -0.15) is 0 Å². The number of nitrogens with zero attached hydrogens (tertiary/aromatic N) is 2. The van der Waals surface area contributed by atoms with Crippen LogP contribution < -0.4 is 10.6 Å². The van der Waals surface area contributed by atoms with Crippen LogP contribution in [0.4, 0.5) is 11.5 Å². The van der Waals surface area contributed by atoms with Crippen molar-refractivity contribution in [3.05, 3.63) is 17.8 Å². The quantitative estimate of drug-likeness (QED) is 0.796. The van der Waals surface area contributed by atoms with Crippen LogP contribution in [0.15, 0.2) is 12.3 Å². The topological polar surface area (TPSA) is 77.7 Å². The lowest BCUT2D eigenvalue weighted by atomic mass is 10.2. The lowest BCUT2D eigenvalue weighted by molar-refractivity contribution is 0.0526. The molecule has 6 nitrogen and oxygen atoms in total. The fraction of sp³-hybridized carbons (Fsp3) is 0.500. The van der Waals surface area contributed by atoms with E-state index < -0.39 is 0 Å². The fourth-order valence-corrected chi connectivity index (χ4v) is 1.89. The first-order valence-electron chi connectivity index (χ1n) is 5.97. The molecule has 0 saturated carbocycles. The second-order valence-corrected chi connectivity index (χ2v) is 3.95. The lowest BCUT2D eigenvalue weighted by Crippen LogP contribution is -2.37. The Morgan fingerprint density at radius 3 is 2.94 bits per heavy atom. The van der Waals surface area contributed by atoms with Crippen molar-refractivity contribution < 1.29 is 14.3 Å². The van der Waals surface area contributed by atoms with E-state index in [0.717, 1.165) is 18.8 Å². The molecule has 0 amide bonds. The van der Waals surface area contributed by atoms with Gasteiger partial charge in [0, 0.05) is 13.1 Å². The second-order valence-electron chi connectivity index (χ2n) is 3.95. The minimum absolute atomic E-state index is 0.315. The number of hydrogen-bond acceptors (Lipinski definition) is 6. The zero-order valence-corrected chi connectivity index (χ0v) is 10.4. The normalized spacial score (nSPS) is 15.5. The number of esters is 1. The molecule has 98 valence electrons. The molecule has 1 saturated heterocycles. The molecular weight excluding hydrogens is 234 g/mol. The third-order valence-corrected chi connectivity index (χ3v) is 2.75. The van der Waals surface area contributed by atoms with E-state index in [-0.39, 0.29) is 5.97 Å². The average Bonchev–Trinajstić information content (AvgIpc) is 2.40. The number of ether oxygens (including phenoxy) is 2. The van der Waals surface area contributed by atoms with Gasteiger partial charge in [0.15, 0.2) is 0 Å². The van der Waals surface area contributed by atoms with Gasteiger partial charge in [-0.25, -0.2) is 9.78 Å². The molecule has 1 aromatic rings. The van der Waals surface area contributed by atoms with Crippen LogP contribution in [-0.2, 0) is 9.47 Å². The molecule has 0 aliphatic carbocycles. The summed E-state index contributed by atoms with van der Waals surface area (Å²) in [4.78, 5) is 18.0. The third kappa shape index (κ3) is 2.70. The standard InChI is InChI=1S/C12H17N3O3/c1-2-18-12(16)9-7-11(13)14-8-10(9)15-3-5-17-6-4-15/h7-8H,2-6H2,1H3,(H2,13,14). The first-order chi connectivity index (χ1) is 8.72. The summed E-state index contributed by atoms with van der Waals surface area (Å²) >= 11 is 0. The third-order valence-electron chi connectivity index (χ3n) is 2.75. The summed E-state index contributed by atoms with van der Waals surface area (Å²) in [7, 11) is 0. The van der Waals surface area contributed by atoms with Crippen LogP contribution in [0.1, 0.15) is 17.3 Å². The van der Waals surface area contributed by atoms with Crippen LogP contribution in [0.2, 0.25) is 0 Å². The number of morpholine rings is 1. The van der Waals surface area contributed by atoms with Crippen molar-refractivity contribution in [2.45, 2.75) is 6.92 Å². The van der Waals surface area contributed by atoms with Gasteiger partial charge in [0.2, 0.25) is 0 Å². The monoisotopic (exact) mass is 251 g/mol. The van der Waals surface area contributed by atoms with Gasteiger partial charge < -0.3 is 20.1 Å². The number of nitrogen functional groups attached to an aromatic ring is 1. The van der Waals surface area contributed by atoms with Crippen molar-refractivity contribution in [2.75, 3.05) is 43.5 Å². The van der Waals surface area contributed by atoms with Crippen molar-refractivity contribution in [1.82, 2.24) is 4.98 Å². The summed E-state index contributed by atoms with van der Waals surface area (Å²) < 4.78 is 10.3. The van der Waals surface area contributed by atoms with Crippen molar-refractivity contribution in [1.29, 1.82) is 0 Å². The largest absolute Gasteiger partial charge is 0.462 e. The van der Waals surface area contributed by atoms with Crippen molar-refractivity contribution in [2.24, 2.45) is 0 Å². The van der Waals surface area contributed by atoms with Crippen LogP contribution in [0, 0.1) is 0 Å². The molecule has 1 aromatic heterocycles. The van der Waals surface area contributed by atoms with E-state index in [1.807, 2.05) is 0 Å². The molecule has 2 heterocycles. The smallest absolute Gasteiger partial charge is 0.340 e. The fourth-order valence-electron chi connectivity index (χ4n) is 1.89. The molecular formula is C12H17N3O3. The van der Waals surface area contributed by atoms with Crippen LogP contribution in [-0.4, -0.2) is 43.9 Å². The van der Waals surface area contributed by atoms with Crippen LogP contribution in [0.3, 0.4) is 0 Å². The summed E-state index contributed by atoms with van der Waals surface area (Å²) in [6, 6.07) is 1.56. The molecule has 2 rings (SSSR count). The molecule has 6 heteroatoms. The van der Waals surface area contributed by atoms with Gasteiger partial charge in [0.25, 0.3) is 0 Å². The Kier molecular flexibility index (Phi) is 3.99. The van der Waals surface area contributed by atoms with Gasteiger partial charge in [0.1, 0.15) is 5.82 Å². The van der Waals surface area contributed by atoms with Crippen LogP contribution in [0.25, 0.3) is 0 Å². The molecule has 18 heavy (non-hydrogen) atoms. The number of hydrogen-bond donors (Lipinski definition) is 1. The molecule has 0 spiro atoms. The zero-order valence-electron chi connectivity index (χ0n) is 10.4. The van der Waals surface area contributed by atoms with E-state index in [0.29, 0.717) is 31.2 Å². The summed E-state index contributed by atoms with van der Waals surface area (Å²) in [5.74, 6) is -0.0526. The highest BCUT2D eigenvalue weighted by molar-refractivity contribution is 5.96. The predicted octanol–water partition coefficient (Wildman–Crippen LogP) is 0.677. The maximum atomic E-state index is 11.9. The van der Waals surface area contributed by atoms with E-state index >= 15 is 0 Å². The van der Waals surface area contributed by atoms with Gasteiger partial charge in [-0.3, -0.25) is 0 Å². The van der Waals surface area contributed by atoms with E-state index in [4.69, 9.17) is 15.2 Å². The molecule has 0 aromatic carbocycles. The Labute approximate surface area is 106 Å². The molecule has 0 atom stereocenters. The highest BCUT2D eigenvalue weighted by Crippen LogP contribution is 2.23. The van der Waals surface area contributed by atoms with Crippen molar-refractivity contribution in [3.63, 3.8) is 0 Å². The van der Waals surface area contributed by atoms with Gasteiger partial charge in [-0.1, -0.05) is 0 Å². The summed E-state index contributed by atoms with van der Waals surface area (Å²) in [6.45, 7) is 4.87. The molecule has 0 bridgehead atoms. The zero-order chi connectivity index (χ0) is 13.0. The first kappa shape index (κ1) is 12.6. The Morgan fingerprint density at radius 1 is 1.56 bits per heavy atom. The minimum atomic E-state index is -0.368. The average molecular weight is 251 g/mol. The summed E-state index contributed by atoms with van der Waals surface area (Å²) in [5.41, 5.74) is 6.85. The molecule has 0 unspecified atom stereocenters. The highest BCUT2D eigenvalue weighted by atomic mass is 16.5. The second kappa shape index (κ2) is 5.68.